The molecule has 4 rings (SSSR count). The second-order valence-corrected chi connectivity index (χ2v) is 7.27. The fourth-order valence-corrected chi connectivity index (χ4v) is 4.59. The first-order valence-corrected chi connectivity index (χ1v) is 8.08. The number of nitrogens with zero attached hydrogens (tertiary/aromatic N) is 3. The van der Waals surface area contributed by atoms with Gasteiger partial charge in [-0.15, -0.1) is 0 Å². The standard InChI is InChI=1S/C16H24N4O/c1-19-14(21)8-12(15(19)13-4-7-17-20(13)2)18-11-9-16(10-11)5-3-6-16/h4,7,11-12,15,18H,3,5-6,8-10H2,1-2H3/t12-,15-/m1/s1. The lowest BCUT2D eigenvalue weighted by Gasteiger charge is -2.55. The molecule has 21 heavy (non-hydrogen) atoms. The predicted octanol–water partition coefficient (Wildman–Crippen LogP) is 1.61. The maximum atomic E-state index is 12.1. The van der Waals surface area contributed by atoms with Crippen molar-refractivity contribution in [3.8, 4) is 0 Å². The minimum absolute atomic E-state index is 0.114. The molecule has 0 radical (unpaired) electrons. The van der Waals surface area contributed by atoms with Gasteiger partial charge >= 0.3 is 0 Å². The summed E-state index contributed by atoms with van der Waals surface area (Å²) < 4.78 is 1.89. The Bertz CT molecular complexity index is 554. The van der Waals surface area contributed by atoms with Gasteiger partial charge in [0.1, 0.15) is 0 Å². The van der Waals surface area contributed by atoms with Crippen LogP contribution in [0.5, 0.6) is 0 Å². The summed E-state index contributed by atoms with van der Waals surface area (Å²) in [6, 6.07) is 2.97. The number of amides is 1. The summed E-state index contributed by atoms with van der Waals surface area (Å²) in [6.07, 6.45) is 9.28. The molecule has 2 saturated carbocycles. The van der Waals surface area contributed by atoms with Crippen molar-refractivity contribution in [2.24, 2.45) is 12.5 Å². The molecule has 3 aliphatic rings. The molecule has 2 heterocycles. The minimum atomic E-state index is 0.114. The van der Waals surface area contributed by atoms with E-state index in [2.05, 4.69) is 10.4 Å². The van der Waals surface area contributed by atoms with Crippen LogP contribution in [0.25, 0.3) is 0 Å². The average molecular weight is 288 g/mol. The van der Waals surface area contributed by atoms with Crippen LogP contribution in [-0.2, 0) is 11.8 Å². The zero-order chi connectivity index (χ0) is 14.6. The number of aromatic nitrogens is 2. The molecule has 5 nitrogen and oxygen atoms in total. The molecule has 1 amide bonds. The first kappa shape index (κ1) is 13.3. The number of carbonyl (C=O) groups excluding carboxylic acids is 1. The van der Waals surface area contributed by atoms with Crippen LogP contribution >= 0.6 is 0 Å². The summed E-state index contributed by atoms with van der Waals surface area (Å²) in [7, 11) is 3.87. The van der Waals surface area contributed by atoms with Crippen molar-refractivity contribution >= 4 is 5.91 Å². The zero-order valence-electron chi connectivity index (χ0n) is 12.9. The van der Waals surface area contributed by atoms with Crippen molar-refractivity contribution in [3.63, 3.8) is 0 Å². The lowest BCUT2D eigenvalue weighted by atomic mass is 9.54. The fourth-order valence-electron chi connectivity index (χ4n) is 4.59. The largest absolute Gasteiger partial charge is 0.336 e. The Labute approximate surface area is 125 Å². The molecule has 1 aliphatic heterocycles. The van der Waals surface area contributed by atoms with Crippen LogP contribution in [0.15, 0.2) is 12.3 Å². The van der Waals surface area contributed by atoms with E-state index >= 15 is 0 Å². The first-order valence-electron chi connectivity index (χ1n) is 8.08. The molecule has 0 bridgehead atoms. The van der Waals surface area contributed by atoms with Crippen LogP contribution in [0.3, 0.4) is 0 Å². The zero-order valence-corrected chi connectivity index (χ0v) is 12.9. The molecular weight excluding hydrogens is 264 g/mol. The van der Waals surface area contributed by atoms with Gasteiger partial charge in [-0.3, -0.25) is 9.48 Å². The maximum Gasteiger partial charge on any atom is 0.224 e. The highest BCUT2D eigenvalue weighted by molar-refractivity contribution is 5.80. The number of likely N-dealkylation sites (tertiary alicyclic amines) is 1. The lowest BCUT2D eigenvalue weighted by molar-refractivity contribution is -0.127. The number of aryl methyl sites for hydroxylation is 1. The topological polar surface area (TPSA) is 50.2 Å². The summed E-state index contributed by atoms with van der Waals surface area (Å²) in [6.45, 7) is 0. The molecule has 114 valence electrons. The first-order chi connectivity index (χ1) is 10.1. The Kier molecular flexibility index (Phi) is 2.89. The number of hydrogen-bond acceptors (Lipinski definition) is 3. The molecule has 3 fully saturated rings. The predicted molar refractivity (Wildman–Crippen MR) is 79.6 cm³/mol. The van der Waals surface area contributed by atoms with Gasteiger partial charge in [-0.25, -0.2) is 0 Å². The van der Waals surface area contributed by atoms with E-state index in [9.17, 15) is 4.79 Å². The van der Waals surface area contributed by atoms with Gasteiger partial charge in [0, 0.05) is 38.8 Å². The van der Waals surface area contributed by atoms with E-state index in [1.807, 2.05) is 35.9 Å². The van der Waals surface area contributed by atoms with Crippen molar-refractivity contribution in [2.75, 3.05) is 7.05 Å². The fraction of sp³-hybridized carbons (Fsp3) is 0.750. The Morgan fingerprint density at radius 3 is 2.67 bits per heavy atom. The van der Waals surface area contributed by atoms with Crippen molar-refractivity contribution in [1.82, 2.24) is 20.0 Å². The van der Waals surface area contributed by atoms with Gasteiger partial charge < -0.3 is 10.2 Å². The molecule has 0 unspecified atom stereocenters. The van der Waals surface area contributed by atoms with E-state index in [0.29, 0.717) is 17.9 Å². The van der Waals surface area contributed by atoms with Crippen molar-refractivity contribution in [1.29, 1.82) is 0 Å². The van der Waals surface area contributed by atoms with E-state index in [-0.39, 0.29) is 18.0 Å². The molecule has 2 atom stereocenters. The number of carbonyl (C=O) groups is 1. The van der Waals surface area contributed by atoms with E-state index < -0.39 is 0 Å². The normalized spacial score (nSPS) is 31.5. The highest BCUT2D eigenvalue weighted by Crippen LogP contribution is 2.56. The number of nitrogens with one attached hydrogen (secondary N) is 1. The van der Waals surface area contributed by atoms with Crippen molar-refractivity contribution < 1.29 is 4.79 Å². The van der Waals surface area contributed by atoms with Gasteiger partial charge in [-0.2, -0.15) is 5.10 Å². The third-order valence-corrected chi connectivity index (χ3v) is 5.97. The van der Waals surface area contributed by atoms with E-state index in [1.165, 1.54) is 32.1 Å². The van der Waals surface area contributed by atoms with Gasteiger partial charge in [-0.05, 0) is 37.2 Å². The quantitative estimate of drug-likeness (QED) is 0.919. The van der Waals surface area contributed by atoms with Crippen molar-refractivity contribution in [2.45, 2.75) is 56.7 Å². The smallest absolute Gasteiger partial charge is 0.224 e. The van der Waals surface area contributed by atoms with Gasteiger partial charge in [0.2, 0.25) is 5.91 Å². The Hall–Kier alpha value is -1.36. The van der Waals surface area contributed by atoms with Gasteiger partial charge in [0.05, 0.1) is 11.7 Å². The number of likely N-dealkylation sites (N-methyl/N-ethyl adjacent to an activating group) is 1. The molecule has 1 aromatic rings. The van der Waals surface area contributed by atoms with Gasteiger partial charge in [0.25, 0.3) is 0 Å². The van der Waals surface area contributed by atoms with Crippen molar-refractivity contribution in [3.05, 3.63) is 18.0 Å². The van der Waals surface area contributed by atoms with Crippen LogP contribution in [-0.4, -0.2) is 39.7 Å². The van der Waals surface area contributed by atoms with E-state index in [0.717, 1.165) is 5.69 Å². The average Bonchev–Trinajstić information content (AvgIpc) is 2.87. The van der Waals surface area contributed by atoms with Crippen LogP contribution < -0.4 is 5.32 Å². The lowest BCUT2D eigenvalue weighted by Crippen LogP contribution is -2.55. The van der Waals surface area contributed by atoms with Crippen LogP contribution in [0.4, 0.5) is 0 Å². The molecule has 2 aliphatic carbocycles. The molecule has 1 spiro atoms. The third-order valence-electron chi connectivity index (χ3n) is 5.97. The molecule has 1 aromatic heterocycles. The monoisotopic (exact) mass is 288 g/mol. The number of hydrogen-bond donors (Lipinski definition) is 1. The van der Waals surface area contributed by atoms with Gasteiger partial charge in [0.15, 0.2) is 0 Å². The summed E-state index contributed by atoms with van der Waals surface area (Å²) >= 11 is 0. The summed E-state index contributed by atoms with van der Waals surface area (Å²) in [4.78, 5) is 14.0. The summed E-state index contributed by atoms with van der Waals surface area (Å²) in [5.41, 5.74) is 1.80. The molecule has 0 aromatic carbocycles. The third kappa shape index (κ3) is 2.01. The van der Waals surface area contributed by atoms with Crippen LogP contribution in [0.1, 0.15) is 50.3 Å². The highest BCUT2D eigenvalue weighted by atomic mass is 16.2. The molecule has 1 N–H and O–H groups in total. The van der Waals surface area contributed by atoms with E-state index in [4.69, 9.17) is 0 Å². The van der Waals surface area contributed by atoms with Crippen LogP contribution in [0.2, 0.25) is 0 Å². The van der Waals surface area contributed by atoms with E-state index in [1.54, 1.807) is 0 Å². The molecule has 1 saturated heterocycles. The Balaban J connectivity index is 1.48. The Morgan fingerprint density at radius 1 is 1.33 bits per heavy atom. The SMILES string of the molecule is CN1C(=O)C[C@@H](NC2CC3(CCC3)C2)[C@@H]1c1ccnn1C. The van der Waals surface area contributed by atoms with Gasteiger partial charge in [-0.1, -0.05) is 6.42 Å². The molecular formula is C16H24N4O. The van der Waals surface area contributed by atoms with Crippen LogP contribution in [0, 0.1) is 5.41 Å². The summed E-state index contributed by atoms with van der Waals surface area (Å²) in [5, 5.41) is 8.03. The number of rotatable bonds is 3. The maximum absolute atomic E-state index is 12.1. The molecule has 5 heteroatoms. The summed E-state index contributed by atoms with van der Waals surface area (Å²) in [5.74, 6) is 0.233. The second kappa shape index (κ2) is 4.57. The Morgan fingerprint density at radius 2 is 2.10 bits per heavy atom. The minimum Gasteiger partial charge on any atom is -0.336 e. The highest BCUT2D eigenvalue weighted by Gasteiger charge is 2.50. The second-order valence-electron chi connectivity index (χ2n) is 7.27.